The van der Waals surface area contributed by atoms with Gasteiger partial charge in [-0.2, -0.15) is 0 Å². The number of hydrogen-bond acceptors (Lipinski definition) is 3. The fourth-order valence-electron chi connectivity index (χ4n) is 7.41. The smallest absolute Gasteiger partial charge is 0.163 e. The zero-order valence-corrected chi connectivity index (χ0v) is 23.9. The van der Waals surface area contributed by atoms with Crippen LogP contribution in [-0.4, -0.2) is 15.0 Å². The van der Waals surface area contributed by atoms with Gasteiger partial charge < -0.3 is 0 Å². The molecule has 3 nitrogen and oxygen atoms in total. The predicted molar refractivity (Wildman–Crippen MR) is 175 cm³/mol. The third-order valence-corrected chi connectivity index (χ3v) is 9.26. The maximum absolute atomic E-state index is 5.38. The van der Waals surface area contributed by atoms with E-state index >= 15 is 0 Å². The molecule has 0 unspecified atom stereocenters. The first kappa shape index (κ1) is 24.9. The van der Waals surface area contributed by atoms with Gasteiger partial charge in [-0.3, -0.25) is 0 Å². The van der Waals surface area contributed by atoms with Crippen LogP contribution in [0.25, 0.3) is 33.9 Å². The summed E-state index contributed by atoms with van der Waals surface area (Å²) < 4.78 is 0. The van der Waals surface area contributed by atoms with E-state index in [9.17, 15) is 0 Å². The van der Waals surface area contributed by atoms with Crippen LogP contribution in [0.3, 0.4) is 0 Å². The van der Waals surface area contributed by atoms with Crippen LogP contribution in [0.1, 0.15) is 45.1 Å². The van der Waals surface area contributed by atoms with Gasteiger partial charge in [0.1, 0.15) is 5.41 Å². The maximum Gasteiger partial charge on any atom is 0.163 e. The minimum Gasteiger partial charge on any atom is -0.211 e. The van der Waals surface area contributed by atoms with E-state index in [2.05, 4.69) is 121 Å². The number of aromatic nitrogens is 3. The predicted octanol–water partition coefficient (Wildman–Crippen LogP) is 9.06. The fraction of sp³-hybridized carbons (Fsp3) is 0.0488. The molecule has 0 radical (unpaired) electrons. The highest BCUT2D eigenvalue weighted by Crippen LogP contribution is 2.61. The first-order chi connectivity index (χ1) is 21.8. The molecule has 3 heteroatoms. The van der Waals surface area contributed by atoms with Crippen molar-refractivity contribution < 1.29 is 0 Å². The Morgan fingerprint density at radius 3 is 1.36 bits per heavy atom. The molecule has 0 amide bonds. The Morgan fingerprint density at radius 2 is 0.818 bits per heavy atom. The zero-order valence-electron chi connectivity index (χ0n) is 23.9. The zero-order chi connectivity index (χ0) is 29.1. The quantitative estimate of drug-likeness (QED) is 0.215. The third kappa shape index (κ3) is 3.53. The van der Waals surface area contributed by atoms with E-state index in [1.807, 2.05) is 36.4 Å². The Balaban J connectivity index is 1.41. The Morgan fingerprint density at radius 1 is 0.364 bits per heavy atom. The van der Waals surface area contributed by atoms with E-state index < -0.39 is 5.41 Å². The monoisotopic (exact) mass is 561 g/mol. The van der Waals surface area contributed by atoms with Gasteiger partial charge in [-0.1, -0.05) is 152 Å². The van der Waals surface area contributed by atoms with Gasteiger partial charge in [0.2, 0.25) is 0 Å². The third-order valence-electron chi connectivity index (χ3n) is 9.26. The summed E-state index contributed by atoms with van der Waals surface area (Å²) in [6.07, 6.45) is 0. The topological polar surface area (TPSA) is 38.7 Å². The summed E-state index contributed by atoms with van der Waals surface area (Å²) in [5, 5.41) is 0. The molecular formula is C41H27N3. The lowest BCUT2D eigenvalue weighted by atomic mass is 9.52. The minimum atomic E-state index is -0.706. The van der Waals surface area contributed by atoms with Gasteiger partial charge in [-0.25, -0.2) is 15.0 Å². The molecule has 2 bridgehead atoms. The molecule has 7 aromatic rings. The second-order valence-corrected chi connectivity index (χ2v) is 11.6. The Bertz CT molecular complexity index is 2070. The van der Waals surface area contributed by atoms with Gasteiger partial charge in [0.05, 0.1) is 0 Å². The average Bonchev–Trinajstić information content (AvgIpc) is 3.12. The largest absolute Gasteiger partial charge is 0.211 e. The molecule has 0 N–H and O–H groups in total. The van der Waals surface area contributed by atoms with E-state index in [4.69, 9.17) is 15.0 Å². The summed E-state index contributed by atoms with van der Waals surface area (Å²) in [5.41, 5.74) is 11.3. The van der Waals surface area contributed by atoms with Gasteiger partial charge in [0, 0.05) is 17.0 Å². The van der Waals surface area contributed by atoms with Gasteiger partial charge in [0.15, 0.2) is 17.5 Å². The lowest BCUT2D eigenvalue weighted by Gasteiger charge is -2.49. The van der Waals surface area contributed by atoms with Gasteiger partial charge >= 0.3 is 0 Å². The molecule has 3 aliphatic rings. The summed E-state index contributed by atoms with van der Waals surface area (Å²) in [6.45, 7) is 0. The van der Waals surface area contributed by atoms with Crippen LogP contribution in [-0.2, 0) is 5.41 Å². The van der Waals surface area contributed by atoms with Crippen molar-refractivity contribution in [3.05, 3.63) is 197 Å². The van der Waals surface area contributed by atoms with E-state index in [0.29, 0.717) is 11.6 Å². The van der Waals surface area contributed by atoms with Crippen LogP contribution in [0.15, 0.2) is 158 Å². The van der Waals surface area contributed by atoms with Crippen molar-refractivity contribution >= 4 is 0 Å². The lowest BCUT2D eigenvalue weighted by Crippen LogP contribution is -2.44. The van der Waals surface area contributed by atoms with Crippen LogP contribution in [0.4, 0.5) is 0 Å². The van der Waals surface area contributed by atoms with Crippen LogP contribution in [0, 0.1) is 0 Å². The number of benzene rings is 6. The van der Waals surface area contributed by atoms with E-state index in [1.54, 1.807) is 0 Å². The van der Waals surface area contributed by atoms with Crippen molar-refractivity contribution in [2.24, 2.45) is 0 Å². The van der Waals surface area contributed by atoms with Gasteiger partial charge in [-0.15, -0.1) is 0 Å². The van der Waals surface area contributed by atoms with Crippen LogP contribution < -0.4 is 0 Å². The Labute approximate surface area is 256 Å². The standard InChI is InChI=1S/C41H27N3/c1-4-14-27(15-5-1)30-24-25-36-33(26-30)37-31-20-10-12-22-34(31)41(36,35-23-13-11-21-32(35)37)40-43-38(28-16-6-2-7-17-28)42-39(44-40)29-18-8-3-9-19-29/h1-26,37H. The van der Waals surface area contributed by atoms with Crippen molar-refractivity contribution in [2.45, 2.75) is 11.3 Å². The average molecular weight is 562 g/mol. The molecule has 3 aliphatic carbocycles. The Hall–Kier alpha value is -5.67. The minimum absolute atomic E-state index is 0.131. The second-order valence-electron chi connectivity index (χ2n) is 11.6. The lowest BCUT2D eigenvalue weighted by molar-refractivity contribution is 0.592. The first-order valence-corrected chi connectivity index (χ1v) is 15.1. The summed E-state index contributed by atoms with van der Waals surface area (Å²) in [6, 6.07) is 55.9. The van der Waals surface area contributed by atoms with E-state index in [0.717, 1.165) is 17.0 Å². The molecule has 0 saturated carbocycles. The molecular weight excluding hydrogens is 534 g/mol. The molecule has 0 aliphatic heterocycles. The van der Waals surface area contributed by atoms with Crippen LogP contribution in [0.2, 0.25) is 0 Å². The number of hydrogen-bond donors (Lipinski definition) is 0. The number of nitrogens with zero attached hydrogens (tertiary/aromatic N) is 3. The van der Waals surface area contributed by atoms with Crippen molar-refractivity contribution in [2.75, 3.05) is 0 Å². The van der Waals surface area contributed by atoms with Crippen LogP contribution in [0.5, 0.6) is 0 Å². The molecule has 0 saturated heterocycles. The first-order valence-electron chi connectivity index (χ1n) is 15.1. The highest BCUT2D eigenvalue weighted by atomic mass is 15.0. The normalized spacial score (nSPS) is 17.4. The summed E-state index contributed by atoms with van der Waals surface area (Å²) in [5.74, 6) is 2.23. The van der Waals surface area contributed by atoms with Gasteiger partial charge in [-0.05, 0) is 50.6 Å². The van der Waals surface area contributed by atoms with Crippen molar-refractivity contribution in [3.8, 4) is 33.9 Å². The molecule has 0 spiro atoms. The highest BCUT2D eigenvalue weighted by Gasteiger charge is 2.54. The van der Waals surface area contributed by atoms with E-state index in [-0.39, 0.29) is 5.92 Å². The molecule has 206 valence electrons. The molecule has 1 aromatic heterocycles. The van der Waals surface area contributed by atoms with Crippen molar-refractivity contribution in [1.82, 2.24) is 15.0 Å². The van der Waals surface area contributed by atoms with Crippen LogP contribution >= 0.6 is 0 Å². The summed E-state index contributed by atoms with van der Waals surface area (Å²) in [4.78, 5) is 15.8. The molecule has 10 rings (SSSR count). The van der Waals surface area contributed by atoms with Crippen molar-refractivity contribution in [1.29, 1.82) is 0 Å². The number of rotatable bonds is 4. The maximum atomic E-state index is 5.38. The molecule has 6 aromatic carbocycles. The highest BCUT2D eigenvalue weighted by molar-refractivity contribution is 5.78. The Kier molecular flexibility index (Phi) is 5.48. The van der Waals surface area contributed by atoms with Gasteiger partial charge in [0.25, 0.3) is 0 Å². The SMILES string of the molecule is c1ccc(-c2ccc3c(c2)C2c4ccccc4C3(c3nc(-c4ccccc4)nc(-c4ccccc4)n3)c3ccccc32)cc1. The second kappa shape index (κ2) is 9.68. The molecule has 44 heavy (non-hydrogen) atoms. The van der Waals surface area contributed by atoms with Crippen molar-refractivity contribution in [3.63, 3.8) is 0 Å². The summed E-state index contributed by atoms with van der Waals surface area (Å²) in [7, 11) is 0. The summed E-state index contributed by atoms with van der Waals surface area (Å²) >= 11 is 0. The fourth-order valence-corrected chi connectivity index (χ4v) is 7.41. The molecule has 1 heterocycles. The molecule has 0 fully saturated rings. The van der Waals surface area contributed by atoms with E-state index in [1.165, 1.54) is 44.5 Å². The molecule has 0 atom stereocenters.